The second-order valence-corrected chi connectivity index (χ2v) is 4.93. The van der Waals surface area contributed by atoms with Crippen molar-refractivity contribution in [2.45, 2.75) is 59.0 Å². The Hall–Kier alpha value is -1.56. The molecule has 0 aliphatic carbocycles. The van der Waals surface area contributed by atoms with E-state index in [1.165, 1.54) is 0 Å². The van der Waals surface area contributed by atoms with Gasteiger partial charge in [-0.1, -0.05) is 19.0 Å². The lowest BCUT2D eigenvalue weighted by Crippen LogP contribution is -2.43. The molecule has 114 valence electrons. The molecule has 0 radical (unpaired) electrons. The number of urea groups is 1. The predicted octanol–water partition coefficient (Wildman–Crippen LogP) is 2.20. The molecule has 1 heterocycles. The molecule has 1 aromatic heterocycles. The van der Waals surface area contributed by atoms with Crippen molar-refractivity contribution in [1.29, 1.82) is 0 Å². The fourth-order valence-corrected chi connectivity index (χ4v) is 2.29. The fourth-order valence-electron chi connectivity index (χ4n) is 2.29. The summed E-state index contributed by atoms with van der Waals surface area (Å²) in [5.41, 5.74) is 1.75. The number of nitrogens with one attached hydrogen (secondary N) is 2. The van der Waals surface area contributed by atoms with E-state index in [-0.39, 0.29) is 24.7 Å². The van der Waals surface area contributed by atoms with E-state index in [1.54, 1.807) is 0 Å². The van der Waals surface area contributed by atoms with Crippen LogP contribution in [0.25, 0.3) is 0 Å². The van der Waals surface area contributed by atoms with Crippen LogP contribution in [-0.2, 0) is 0 Å². The number of rotatable bonds is 7. The lowest BCUT2D eigenvalue weighted by molar-refractivity contribution is 0.224. The van der Waals surface area contributed by atoms with Gasteiger partial charge in [-0.05, 0) is 33.1 Å². The van der Waals surface area contributed by atoms with E-state index in [4.69, 9.17) is 9.63 Å². The molecule has 0 bridgehead atoms. The van der Waals surface area contributed by atoms with Crippen LogP contribution < -0.4 is 10.6 Å². The van der Waals surface area contributed by atoms with Crippen molar-refractivity contribution in [2.75, 3.05) is 6.61 Å². The Morgan fingerprint density at radius 2 is 2.00 bits per heavy atom. The van der Waals surface area contributed by atoms with Crippen molar-refractivity contribution in [3.63, 3.8) is 0 Å². The third kappa shape index (κ3) is 4.23. The molecule has 2 unspecified atom stereocenters. The summed E-state index contributed by atoms with van der Waals surface area (Å²) in [5.74, 6) is 0.733. The van der Waals surface area contributed by atoms with Crippen LogP contribution in [0.15, 0.2) is 4.52 Å². The number of aliphatic hydroxyl groups excluding tert-OH is 1. The number of aromatic nitrogens is 1. The highest BCUT2D eigenvalue weighted by molar-refractivity contribution is 5.74. The maximum Gasteiger partial charge on any atom is 0.315 e. The molecule has 0 saturated carbocycles. The predicted molar refractivity (Wildman–Crippen MR) is 76.5 cm³/mol. The maximum atomic E-state index is 12.0. The van der Waals surface area contributed by atoms with Crippen molar-refractivity contribution in [2.24, 2.45) is 0 Å². The van der Waals surface area contributed by atoms with Gasteiger partial charge in [0.2, 0.25) is 0 Å². The summed E-state index contributed by atoms with van der Waals surface area (Å²) in [6.07, 6.45) is 2.11. The monoisotopic (exact) mass is 283 g/mol. The van der Waals surface area contributed by atoms with Gasteiger partial charge in [-0.2, -0.15) is 0 Å². The van der Waals surface area contributed by atoms with Crippen LogP contribution in [0.4, 0.5) is 4.79 Å². The van der Waals surface area contributed by atoms with Crippen molar-refractivity contribution in [3.05, 3.63) is 17.0 Å². The van der Waals surface area contributed by atoms with Gasteiger partial charge in [0.25, 0.3) is 0 Å². The number of amides is 2. The topological polar surface area (TPSA) is 87.4 Å². The average Bonchev–Trinajstić information content (AvgIpc) is 2.75. The van der Waals surface area contributed by atoms with E-state index in [0.717, 1.165) is 29.9 Å². The van der Waals surface area contributed by atoms with Crippen LogP contribution in [-0.4, -0.2) is 28.9 Å². The SMILES string of the molecule is CCC(CCO)NC(=O)NC(CC)c1c(C)noc1C. The molecule has 0 saturated heterocycles. The van der Waals surface area contributed by atoms with Gasteiger partial charge in [-0.3, -0.25) is 0 Å². The van der Waals surface area contributed by atoms with Crippen molar-refractivity contribution in [3.8, 4) is 0 Å². The molecule has 2 atom stereocenters. The fraction of sp³-hybridized carbons (Fsp3) is 0.714. The molecule has 6 heteroatoms. The third-order valence-corrected chi connectivity index (χ3v) is 3.46. The second kappa shape index (κ2) is 7.89. The smallest absolute Gasteiger partial charge is 0.315 e. The highest BCUT2D eigenvalue weighted by Gasteiger charge is 2.21. The summed E-state index contributed by atoms with van der Waals surface area (Å²) >= 11 is 0. The summed E-state index contributed by atoms with van der Waals surface area (Å²) in [4.78, 5) is 12.0. The lowest BCUT2D eigenvalue weighted by Gasteiger charge is -2.21. The number of nitrogens with zero attached hydrogens (tertiary/aromatic N) is 1. The molecular weight excluding hydrogens is 258 g/mol. The molecule has 0 aliphatic rings. The Balaban J connectivity index is 2.67. The molecule has 6 nitrogen and oxygen atoms in total. The van der Waals surface area contributed by atoms with E-state index in [1.807, 2.05) is 27.7 Å². The summed E-state index contributed by atoms with van der Waals surface area (Å²) in [7, 11) is 0. The number of aliphatic hydroxyl groups is 1. The molecular formula is C14H25N3O3. The van der Waals surface area contributed by atoms with Gasteiger partial charge in [0.15, 0.2) is 0 Å². The zero-order valence-corrected chi connectivity index (χ0v) is 12.7. The Labute approximate surface area is 119 Å². The van der Waals surface area contributed by atoms with Crippen molar-refractivity contribution < 1.29 is 14.4 Å². The van der Waals surface area contributed by atoms with Gasteiger partial charge in [0, 0.05) is 18.2 Å². The first kappa shape index (κ1) is 16.5. The van der Waals surface area contributed by atoms with Gasteiger partial charge < -0.3 is 20.3 Å². The van der Waals surface area contributed by atoms with Crippen LogP contribution in [0.5, 0.6) is 0 Å². The van der Waals surface area contributed by atoms with E-state index in [9.17, 15) is 4.79 Å². The van der Waals surface area contributed by atoms with Crippen LogP contribution >= 0.6 is 0 Å². The minimum Gasteiger partial charge on any atom is -0.396 e. The van der Waals surface area contributed by atoms with Gasteiger partial charge in [-0.15, -0.1) is 0 Å². The number of carbonyl (C=O) groups is 1. The zero-order chi connectivity index (χ0) is 15.1. The zero-order valence-electron chi connectivity index (χ0n) is 12.7. The van der Waals surface area contributed by atoms with Gasteiger partial charge in [-0.25, -0.2) is 4.79 Å². The van der Waals surface area contributed by atoms with E-state index in [0.29, 0.717) is 6.42 Å². The quantitative estimate of drug-likeness (QED) is 0.716. The van der Waals surface area contributed by atoms with Gasteiger partial charge in [0.05, 0.1) is 11.7 Å². The molecule has 0 aromatic carbocycles. The second-order valence-electron chi connectivity index (χ2n) is 4.93. The van der Waals surface area contributed by atoms with Crippen LogP contribution in [0.3, 0.4) is 0 Å². The first-order valence-corrected chi connectivity index (χ1v) is 7.14. The van der Waals surface area contributed by atoms with Crippen LogP contribution in [0, 0.1) is 13.8 Å². The highest BCUT2D eigenvalue weighted by atomic mass is 16.5. The maximum absolute atomic E-state index is 12.0. The molecule has 1 aromatic rings. The van der Waals surface area contributed by atoms with Gasteiger partial charge in [0.1, 0.15) is 5.76 Å². The summed E-state index contributed by atoms with van der Waals surface area (Å²) in [5, 5.41) is 18.7. The Kier molecular flexibility index (Phi) is 6.51. The molecule has 20 heavy (non-hydrogen) atoms. The summed E-state index contributed by atoms with van der Waals surface area (Å²) in [6, 6.07) is -0.354. The minimum atomic E-state index is -0.225. The lowest BCUT2D eigenvalue weighted by atomic mass is 10.0. The summed E-state index contributed by atoms with van der Waals surface area (Å²) < 4.78 is 5.15. The van der Waals surface area contributed by atoms with Crippen LogP contribution in [0.2, 0.25) is 0 Å². The molecule has 0 aliphatic heterocycles. The third-order valence-electron chi connectivity index (χ3n) is 3.46. The van der Waals surface area contributed by atoms with E-state index >= 15 is 0 Å². The van der Waals surface area contributed by atoms with Crippen molar-refractivity contribution >= 4 is 6.03 Å². The highest BCUT2D eigenvalue weighted by Crippen LogP contribution is 2.23. The minimum absolute atomic E-state index is 0.0119. The summed E-state index contributed by atoms with van der Waals surface area (Å²) in [6.45, 7) is 7.76. The first-order chi connectivity index (χ1) is 9.53. The molecule has 2 amide bonds. The van der Waals surface area contributed by atoms with Gasteiger partial charge >= 0.3 is 6.03 Å². The van der Waals surface area contributed by atoms with Crippen LogP contribution in [0.1, 0.15) is 56.2 Å². The number of aryl methyl sites for hydroxylation is 2. The first-order valence-electron chi connectivity index (χ1n) is 7.14. The standard InChI is InChI=1S/C14H25N3O3/c1-5-11(7-8-18)15-14(19)16-12(6-2)13-9(3)17-20-10(13)4/h11-12,18H,5-8H2,1-4H3,(H2,15,16,19). The number of hydrogen-bond donors (Lipinski definition) is 3. The largest absolute Gasteiger partial charge is 0.396 e. The molecule has 1 rings (SSSR count). The molecule has 0 spiro atoms. The Morgan fingerprint density at radius 1 is 1.30 bits per heavy atom. The molecule has 0 fully saturated rings. The number of hydrogen-bond acceptors (Lipinski definition) is 4. The average molecular weight is 283 g/mol. The van der Waals surface area contributed by atoms with Crippen molar-refractivity contribution in [1.82, 2.24) is 15.8 Å². The van der Waals surface area contributed by atoms with E-state index in [2.05, 4.69) is 15.8 Å². The van der Waals surface area contributed by atoms with E-state index < -0.39 is 0 Å². The number of carbonyl (C=O) groups excluding carboxylic acids is 1. The molecule has 3 N–H and O–H groups in total. The Bertz CT molecular complexity index is 412. The normalized spacial score (nSPS) is 13.8. The Morgan fingerprint density at radius 3 is 2.45 bits per heavy atom.